The van der Waals surface area contributed by atoms with E-state index >= 15 is 0 Å². The zero-order valence-electron chi connectivity index (χ0n) is 15.7. The molecule has 1 fully saturated rings. The molecule has 1 saturated heterocycles. The molecule has 0 spiro atoms. The zero-order valence-corrected chi connectivity index (χ0v) is 15.7. The first kappa shape index (κ1) is 17.0. The molecule has 4 rings (SSSR count). The molecule has 26 heavy (non-hydrogen) atoms. The van der Waals surface area contributed by atoms with Gasteiger partial charge in [0.05, 0.1) is 11.8 Å². The molecule has 2 aliphatic heterocycles. The second kappa shape index (κ2) is 7.46. The first-order valence-corrected chi connectivity index (χ1v) is 9.61. The minimum atomic E-state index is 0.341. The number of hydrogen-bond acceptors (Lipinski definition) is 3. The van der Waals surface area contributed by atoms with Crippen molar-refractivity contribution in [1.82, 2.24) is 9.91 Å². The van der Waals surface area contributed by atoms with E-state index in [0.29, 0.717) is 12.0 Å². The van der Waals surface area contributed by atoms with Crippen LogP contribution < -0.4 is 0 Å². The van der Waals surface area contributed by atoms with Gasteiger partial charge in [0.2, 0.25) is 0 Å². The average Bonchev–Trinajstić information content (AvgIpc) is 3.02. The molecule has 0 aromatic heterocycles. The van der Waals surface area contributed by atoms with Crippen LogP contribution in [-0.4, -0.2) is 42.3 Å². The molecule has 0 radical (unpaired) electrons. The minimum Gasteiger partial charge on any atom is -0.301 e. The highest BCUT2D eigenvalue weighted by molar-refractivity contribution is 6.07. The number of piperidine rings is 1. The fraction of sp³-hybridized carbons (Fsp3) is 0.348. The first-order chi connectivity index (χ1) is 12.8. The van der Waals surface area contributed by atoms with Crippen molar-refractivity contribution >= 4 is 11.8 Å². The van der Waals surface area contributed by atoms with E-state index in [4.69, 9.17) is 5.10 Å². The Balaban J connectivity index is 1.73. The summed E-state index contributed by atoms with van der Waals surface area (Å²) in [6.45, 7) is 5.26. The Morgan fingerprint density at radius 1 is 1.04 bits per heavy atom. The molecule has 0 bridgehead atoms. The van der Waals surface area contributed by atoms with Crippen molar-refractivity contribution in [2.45, 2.75) is 19.4 Å². The molecule has 2 heterocycles. The molecular formula is C23H27N3. The van der Waals surface area contributed by atoms with Crippen LogP contribution in [0.15, 0.2) is 71.3 Å². The van der Waals surface area contributed by atoms with Crippen LogP contribution in [0.4, 0.5) is 0 Å². The van der Waals surface area contributed by atoms with E-state index in [2.05, 4.69) is 90.6 Å². The summed E-state index contributed by atoms with van der Waals surface area (Å²) in [5.74, 6) is 0.428. The van der Waals surface area contributed by atoms with Crippen LogP contribution in [0.3, 0.4) is 0 Å². The molecular weight excluding hydrogens is 318 g/mol. The number of hydrogen-bond donors (Lipinski definition) is 0. The Bertz CT molecular complexity index is 795. The maximum atomic E-state index is 5.12. The number of nitrogens with zero attached hydrogens (tertiary/aromatic N) is 3. The summed E-state index contributed by atoms with van der Waals surface area (Å²) in [6.07, 6.45) is 3.43. The lowest BCUT2D eigenvalue weighted by Crippen LogP contribution is -2.41. The van der Waals surface area contributed by atoms with Gasteiger partial charge < -0.3 is 4.90 Å². The van der Waals surface area contributed by atoms with Crippen molar-refractivity contribution in [1.29, 1.82) is 0 Å². The summed E-state index contributed by atoms with van der Waals surface area (Å²) in [5.41, 5.74) is 5.27. The molecule has 0 saturated carbocycles. The number of fused-ring (bicyclic) bond motifs is 1. The summed E-state index contributed by atoms with van der Waals surface area (Å²) < 4.78 is 0. The van der Waals surface area contributed by atoms with Crippen LogP contribution in [-0.2, 0) is 0 Å². The molecule has 2 aromatic rings. The van der Waals surface area contributed by atoms with E-state index in [1.807, 2.05) is 0 Å². The standard InChI is InChI=1S/C23H27N3/c1-3-14-26-23(19-12-8-5-9-13-19)21-17-25(2)16-20(22(21)24-26)15-18-10-6-4-7-11-18/h4-13,15,21,23H,3,14,16-17H2,1-2H3/b20-15-. The molecule has 2 aliphatic rings. The van der Waals surface area contributed by atoms with E-state index in [1.165, 1.54) is 22.4 Å². The number of benzene rings is 2. The normalized spacial score (nSPS) is 24.6. The van der Waals surface area contributed by atoms with Gasteiger partial charge in [-0.25, -0.2) is 0 Å². The first-order valence-electron chi connectivity index (χ1n) is 9.61. The van der Waals surface area contributed by atoms with E-state index in [9.17, 15) is 0 Å². The number of likely N-dealkylation sites (tertiary alicyclic amines) is 1. The van der Waals surface area contributed by atoms with E-state index in [1.54, 1.807) is 0 Å². The van der Waals surface area contributed by atoms with Crippen LogP contribution in [0, 0.1) is 5.92 Å². The summed E-state index contributed by atoms with van der Waals surface area (Å²) >= 11 is 0. The predicted molar refractivity (Wildman–Crippen MR) is 109 cm³/mol. The molecule has 2 unspecified atom stereocenters. The quantitative estimate of drug-likeness (QED) is 0.815. The Labute approximate surface area is 156 Å². The van der Waals surface area contributed by atoms with Crippen molar-refractivity contribution < 1.29 is 0 Å². The monoisotopic (exact) mass is 345 g/mol. The third-order valence-electron chi connectivity index (χ3n) is 5.30. The summed E-state index contributed by atoms with van der Waals surface area (Å²) in [7, 11) is 2.22. The van der Waals surface area contributed by atoms with Crippen molar-refractivity contribution in [3.05, 3.63) is 77.4 Å². The van der Waals surface area contributed by atoms with E-state index in [0.717, 1.165) is 26.1 Å². The highest BCUT2D eigenvalue weighted by atomic mass is 15.5. The Kier molecular flexibility index (Phi) is 4.89. The molecule has 134 valence electrons. The molecule has 2 aromatic carbocycles. The fourth-order valence-corrected chi connectivity index (χ4v) is 4.24. The smallest absolute Gasteiger partial charge is 0.0816 e. The highest BCUT2D eigenvalue weighted by Gasteiger charge is 2.42. The third kappa shape index (κ3) is 3.32. The maximum absolute atomic E-state index is 5.12. The van der Waals surface area contributed by atoms with Gasteiger partial charge in [-0.2, -0.15) is 5.10 Å². The summed E-state index contributed by atoms with van der Waals surface area (Å²) in [5, 5.41) is 7.45. The van der Waals surface area contributed by atoms with E-state index < -0.39 is 0 Å². The van der Waals surface area contributed by atoms with Crippen LogP contribution in [0.2, 0.25) is 0 Å². The van der Waals surface area contributed by atoms with Crippen molar-refractivity contribution in [2.24, 2.45) is 11.0 Å². The minimum absolute atomic E-state index is 0.341. The van der Waals surface area contributed by atoms with Crippen LogP contribution in [0.25, 0.3) is 6.08 Å². The van der Waals surface area contributed by atoms with Gasteiger partial charge >= 0.3 is 0 Å². The Morgan fingerprint density at radius 2 is 1.73 bits per heavy atom. The lowest BCUT2D eigenvalue weighted by atomic mass is 9.83. The number of hydrazone groups is 1. The van der Waals surface area contributed by atoms with Crippen molar-refractivity contribution in [3.63, 3.8) is 0 Å². The molecule has 2 atom stereocenters. The number of likely N-dealkylation sites (N-methyl/N-ethyl adjacent to an activating group) is 1. The van der Waals surface area contributed by atoms with Crippen LogP contribution in [0.1, 0.15) is 30.5 Å². The van der Waals surface area contributed by atoms with Gasteiger partial charge in [0, 0.05) is 25.6 Å². The average molecular weight is 345 g/mol. The van der Waals surface area contributed by atoms with Gasteiger partial charge in [0.1, 0.15) is 0 Å². The fourth-order valence-electron chi connectivity index (χ4n) is 4.24. The predicted octanol–water partition coefficient (Wildman–Crippen LogP) is 4.45. The lowest BCUT2D eigenvalue weighted by molar-refractivity contribution is 0.179. The van der Waals surface area contributed by atoms with Crippen molar-refractivity contribution in [2.75, 3.05) is 26.7 Å². The Morgan fingerprint density at radius 3 is 2.42 bits per heavy atom. The van der Waals surface area contributed by atoms with Crippen LogP contribution >= 0.6 is 0 Å². The second-order valence-corrected chi connectivity index (χ2v) is 7.39. The van der Waals surface area contributed by atoms with E-state index in [-0.39, 0.29) is 0 Å². The maximum Gasteiger partial charge on any atom is 0.0816 e. The SMILES string of the molecule is CCCN1N=C2/C(=C\c3ccccc3)CN(C)CC2C1c1ccccc1. The van der Waals surface area contributed by atoms with Gasteiger partial charge in [0.25, 0.3) is 0 Å². The van der Waals surface area contributed by atoms with Crippen LogP contribution in [0.5, 0.6) is 0 Å². The summed E-state index contributed by atoms with van der Waals surface area (Å²) in [6, 6.07) is 21.8. The topological polar surface area (TPSA) is 18.8 Å². The molecule has 0 N–H and O–H groups in total. The number of rotatable bonds is 4. The largest absolute Gasteiger partial charge is 0.301 e. The van der Waals surface area contributed by atoms with Gasteiger partial charge in [-0.3, -0.25) is 5.01 Å². The van der Waals surface area contributed by atoms with Gasteiger partial charge in [-0.05, 0) is 36.2 Å². The molecule has 0 amide bonds. The highest BCUT2D eigenvalue weighted by Crippen LogP contribution is 2.40. The lowest BCUT2D eigenvalue weighted by Gasteiger charge is -2.34. The van der Waals surface area contributed by atoms with Crippen molar-refractivity contribution in [3.8, 4) is 0 Å². The zero-order chi connectivity index (χ0) is 17.9. The van der Waals surface area contributed by atoms with Gasteiger partial charge in [-0.1, -0.05) is 67.6 Å². The third-order valence-corrected chi connectivity index (χ3v) is 5.30. The van der Waals surface area contributed by atoms with Gasteiger partial charge in [-0.15, -0.1) is 0 Å². The Hall–Kier alpha value is -2.39. The molecule has 3 nitrogen and oxygen atoms in total. The molecule has 0 aliphatic carbocycles. The summed E-state index contributed by atoms with van der Waals surface area (Å²) in [4.78, 5) is 2.43. The second-order valence-electron chi connectivity index (χ2n) is 7.39. The molecule has 3 heteroatoms. The van der Waals surface area contributed by atoms with Gasteiger partial charge in [0.15, 0.2) is 0 Å².